The molecule has 2 amide bonds. The highest BCUT2D eigenvalue weighted by molar-refractivity contribution is 5.97. The zero-order chi connectivity index (χ0) is 17.2. The Hall–Kier alpha value is -2.35. The van der Waals surface area contributed by atoms with Gasteiger partial charge in [-0.05, 0) is 24.5 Å². The maximum absolute atomic E-state index is 12.4. The lowest BCUT2D eigenvalue weighted by Crippen LogP contribution is -2.47. The van der Waals surface area contributed by atoms with Gasteiger partial charge in [-0.25, -0.2) is 0 Å². The van der Waals surface area contributed by atoms with Crippen LogP contribution in [0.15, 0.2) is 30.3 Å². The van der Waals surface area contributed by atoms with Gasteiger partial charge in [-0.3, -0.25) is 9.59 Å². The third-order valence-electron chi connectivity index (χ3n) is 4.54. The van der Waals surface area contributed by atoms with Crippen molar-refractivity contribution in [3.63, 3.8) is 0 Å². The molecule has 1 aliphatic rings. The fraction of sp³-hybridized carbons (Fsp3) is 0.526. The van der Waals surface area contributed by atoms with E-state index >= 15 is 0 Å². The topological polar surface area (TPSA) is 82.0 Å². The molecule has 2 rings (SSSR count). The van der Waals surface area contributed by atoms with Crippen LogP contribution in [-0.2, 0) is 4.79 Å². The Balaban J connectivity index is 2.02. The van der Waals surface area contributed by atoms with Crippen molar-refractivity contribution in [1.82, 2.24) is 10.6 Å². The summed E-state index contributed by atoms with van der Waals surface area (Å²) in [7, 11) is 0. The number of nitriles is 1. The molecule has 1 atom stereocenters. The van der Waals surface area contributed by atoms with Crippen molar-refractivity contribution < 1.29 is 9.59 Å². The summed E-state index contributed by atoms with van der Waals surface area (Å²) in [6.07, 6.45) is 7.70. The van der Waals surface area contributed by atoms with Crippen LogP contribution >= 0.6 is 0 Å². The van der Waals surface area contributed by atoms with Gasteiger partial charge in [0.15, 0.2) is 0 Å². The number of carbonyl (C=O) groups is 2. The summed E-state index contributed by atoms with van der Waals surface area (Å²) in [5.41, 5.74) is 0.538. The number of nitrogens with zero attached hydrogens (tertiary/aromatic N) is 1. The molecule has 128 valence electrons. The molecule has 24 heavy (non-hydrogen) atoms. The molecule has 0 aromatic heterocycles. The summed E-state index contributed by atoms with van der Waals surface area (Å²) in [5.74, 6) is -0.0761. The molecular formula is C19H25N3O2. The molecule has 0 radical (unpaired) electrons. The van der Waals surface area contributed by atoms with Crippen LogP contribution in [0.3, 0.4) is 0 Å². The van der Waals surface area contributed by atoms with Gasteiger partial charge in [0.1, 0.15) is 12.6 Å². The summed E-state index contributed by atoms with van der Waals surface area (Å²) in [4.78, 5) is 24.7. The molecule has 1 aromatic rings. The van der Waals surface area contributed by atoms with Gasteiger partial charge in [0.05, 0.1) is 6.07 Å². The van der Waals surface area contributed by atoms with Crippen LogP contribution in [-0.4, -0.2) is 24.4 Å². The maximum Gasteiger partial charge on any atom is 0.251 e. The van der Waals surface area contributed by atoms with Crippen LogP contribution in [0.5, 0.6) is 0 Å². The minimum Gasteiger partial charge on any atom is -0.341 e. The fourth-order valence-electron chi connectivity index (χ4n) is 3.25. The first-order valence-corrected chi connectivity index (χ1v) is 8.71. The summed E-state index contributed by atoms with van der Waals surface area (Å²) < 4.78 is 0. The van der Waals surface area contributed by atoms with Gasteiger partial charge < -0.3 is 10.6 Å². The number of benzene rings is 1. The second kappa shape index (κ2) is 9.71. The van der Waals surface area contributed by atoms with E-state index in [0.29, 0.717) is 17.9 Å². The molecule has 1 unspecified atom stereocenters. The minimum absolute atomic E-state index is 0.0405. The largest absolute Gasteiger partial charge is 0.341 e. The number of hydrogen-bond acceptors (Lipinski definition) is 3. The summed E-state index contributed by atoms with van der Waals surface area (Å²) in [6, 6.07) is 10.2. The number of carbonyl (C=O) groups excluding carboxylic acids is 2. The molecule has 0 spiro atoms. The highest BCUT2D eigenvalue weighted by Crippen LogP contribution is 2.26. The molecule has 1 fully saturated rings. The smallest absolute Gasteiger partial charge is 0.251 e. The van der Waals surface area contributed by atoms with E-state index in [9.17, 15) is 9.59 Å². The zero-order valence-corrected chi connectivity index (χ0v) is 14.0. The van der Waals surface area contributed by atoms with Gasteiger partial charge in [0.2, 0.25) is 5.91 Å². The van der Waals surface area contributed by atoms with E-state index in [-0.39, 0.29) is 18.4 Å². The van der Waals surface area contributed by atoms with Gasteiger partial charge in [-0.2, -0.15) is 5.26 Å². The second-order valence-corrected chi connectivity index (χ2v) is 6.36. The van der Waals surface area contributed by atoms with Crippen LogP contribution < -0.4 is 10.6 Å². The molecule has 1 aromatic carbocycles. The van der Waals surface area contributed by atoms with Crippen LogP contribution in [0.4, 0.5) is 0 Å². The minimum atomic E-state index is -0.589. The quantitative estimate of drug-likeness (QED) is 0.622. The van der Waals surface area contributed by atoms with Crippen molar-refractivity contribution in [3.05, 3.63) is 35.9 Å². The van der Waals surface area contributed by atoms with E-state index in [2.05, 4.69) is 10.6 Å². The molecule has 0 aliphatic heterocycles. The molecule has 5 heteroatoms. The molecule has 1 aliphatic carbocycles. The van der Waals surface area contributed by atoms with Crippen molar-refractivity contribution in [1.29, 1.82) is 5.26 Å². The lowest BCUT2D eigenvalue weighted by molar-refractivity contribution is -0.123. The summed E-state index contributed by atoms with van der Waals surface area (Å²) in [5, 5.41) is 14.1. The van der Waals surface area contributed by atoms with E-state index < -0.39 is 6.04 Å². The number of amides is 2. The van der Waals surface area contributed by atoms with Crippen molar-refractivity contribution >= 4 is 11.8 Å². The average Bonchev–Trinajstić information content (AvgIpc) is 2.88. The first-order valence-electron chi connectivity index (χ1n) is 8.71. The predicted molar refractivity (Wildman–Crippen MR) is 92.1 cm³/mol. The Morgan fingerprint density at radius 1 is 1.12 bits per heavy atom. The van der Waals surface area contributed by atoms with E-state index in [4.69, 9.17) is 5.26 Å². The Labute approximate surface area is 143 Å². The van der Waals surface area contributed by atoms with Crippen LogP contribution in [0.1, 0.15) is 55.3 Å². The second-order valence-electron chi connectivity index (χ2n) is 6.36. The average molecular weight is 327 g/mol. The van der Waals surface area contributed by atoms with E-state index in [1.54, 1.807) is 24.3 Å². The van der Waals surface area contributed by atoms with Crippen molar-refractivity contribution in [3.8, 4) is 6.07 Å². The lowest BCUT2D eigenvalue weighted by atomic mass is 9.92. The highest BCUT2D eigenvalue weighted by atomic mass is 16.2. The molecule has 0 heterocycles. The normalized spacial score (nSPS) is 16.5. The highest BCUT2D eigenvalue weighted by Gasteiger charge is 2.25. The predicted octanol–water partition coefficient (Wildman–Crippen LogP) is 2.79. The summed E-state index contributed by atoms with van der Waals surface area (Å²) >= 11 is 0. The van der Waals surface area contributed by atoms with Crippen LogP contribution in [0.2, 0.25) is 0 Å². The van der Waals surface area contributed by atoms with Gasteiger partial charge in [0.25, 0.3) is 5.91 Å². The Kier molecular flexibility index (Phi) is 7.28. The zero-order valence-electron chi connectivity index (χ0n) is 14.0. The molecular weight excluding hydrogens is 302 g/mol. The Morgan fingerprint density at radius 3 is 2.42 bits per heavy atom. The third-order valence-corrected chi connectivity index (χ3v) is 4.54. The van der Waals surface area contributed by atoms with Crippen molar-refractivity contribution in [2.45, 2.75) is 51.0 Å². The fourth-order valence-corrected chi connectivity index (χ4v) is 3.25. The van der Waals surface area contributed by atoms with Gasteiger partial charge in [-0.1, -0.05) is 56.7 Å². The van der Waals surface area contributed by atoms with E-state index in [1.807, 2.05) is 12.1 Å². The van der Waals surface area contributed by atoms with Gasteiger partial charge in [0, 0.05) is 5.56 Å². The van der Waals surface area contributed by atoms with Gasteiger partial charge in [-0.15, -0.1) is 0 Å². The van der Waals surface area contributed by atoms with E-state index in [1.165, 1.54) is 25.7 Å². The monoisotopic (exact) mass is 327 g/mol. The van der Waals surface area contributed by atoms with Crippen molar-refractivity contribution in [2.75, 3.05) is 6.54 Å². The number of hydrogen-bond donors (Lipinski definition) is 2. The Morgan fingerprint density at radius 2 is 1.79 bits per heavy atom. The molecule has 5 nitrogen and oxygen atoms in total. The standard InChI is InChI=1S/C19H25N3O2/c20-12-13-21-19(24)17(14-15-8-4-1-2-5-9-15)22-18(23)16-10-6-3-7-11-16/h3,6-7,10-11,15,17H,1-2,4-5,8-9,13-14H2,(H,21,24)(H,22,23). The van der Waals surface area contributed by atoms with Crippen LogP contribution in [0.25, 0.3) is 0 Å². The van der Waals surface area contributed by atoms with E-state index in [0.717, 1.165) is 12.8 Å². The molecule has 2 N–H and O–H groups in total. The lowest BCUT2D eigenvalue weighted by Gasteiger charge is -2.23. The third kappa shape index (κ3) is 5.69. The Bertz CT molecular complexity index is 572. The maximum atomic E-state index is 12.4. The molecule has 1 saturated carbocycles. The van der Waals surface area contributed by atoms with Gasteiger partial charge >= 0.3 is 0 Å². The number of nitrogens with one attached hydrogen (secondary N) is 2. The molecule has 0 bridgehead atoms. The first-order chi connectivity index (χ1) is 11.7. The SMILES string of the molecule is N#CCNC(=O)C(CC1CCCCCC1)NC(=O)c1ccccc1. The van der Waals surface area contributed by atoms with Crippen molar-refractivity contribution in [2.24, 2.45) is 5.92 Å². The number of rotatable bonds is 6. The molecule has 0 saturated heterocycles. The van der Waals surface area contributed by atoms with Crippen LogP contribution in [0, 0.1) is 17.2 Å². The summed E-state index contributed by atoms with van der Waals surface area (Å²) in [6.45, 7) is -0.0405. The first kappa shape index (κ1) is 18.0.